The lowest BCUT2D eigenvalue weighted by molar-refractivity contribution is -0.309. The van der Waals surface area contributed by atoms with Crippen LogP contribution in [0.2, 0.25) is 0 Å². The Hall–Kier alpha value is -8.12. The van der Waals surface area contributed by atoms with Crippen molar-refractivity contribution in [3.63, 3.8) is 0 Å². The second kappa shape index (κ2) is 22.4. The van der Waals surface area contributed by atoms with Gasteiger partial charge in [0, 0.05) is 48.3 Å². The molecule has 0 amide bonds. The first-order valence-corrected chi connectivity index (χ1v) is 28.4. The van der Waals surface area contributed by atoms with Crippen LogP contribution in [0, 0.1) is 0 Å². The molecule has 0 bridgehead atoms. The van der Waals surface area contributed by atoms with Crippen molar-refractivity contribution in [2.24, 2.45) is 0 Å². The van der Waals surface area contributed by atoms with Crippen LogP contribution in [0.15, 0.2) is 193 Å². The summed E-state index contributed by atoms with van der Waals surface area (Å²) in [6, 6.07) is 44.2. The summed E-state index contributed by atoms with van der Waals surface area (Å²) in [6.45, 7) is 0.720. The van der Waals surface area contributed by atoms with Crippen LogP contribution < -0.4 is 24.9 Å². The smallest absolute Gasteiger partial charge is 0.414 e. The monoisotopic (exact) mass is 1090 g/mol. The zero-order chi connectivity index (χ0) is 53.5. The fraction of sp³-hybridized carbons (Fsp3) is 0.0400. The van der Waals surface area contributed by atoms with Gasteiger partial charge < -0.3 is 39.3 Å². The van der Waals surface area contributed by atoms with Crippen molar-refractivity contribution >= 4 is 69.0 Å². The van der Waals surface area contributed by atoms with Gasteiger partial charge in [0.2, 0.25) is 0 Å². The number of aromatic nitrogens is 8. The number of sulfonamides is 2. The normalized spacial score (nSPS) is 11.9. The van der Waals surface area contributed by atoms with Gasteiger partial charge in [-0.15, -0.1) is 4.49 Å². The van der Waals surface area contributed by atoms with Gasteiger partial charge in [-0.1, -0.05) is 97.1 Å². The van der Waals surface area contributed by atoms with Gasteiger partial charge in [-0.3, -0.25) is 19.9 Å². The van der Waals surface area contributed by atoms with Crippen molar-refractivity contribution < 1.29 is 45.5 Å². The van der Waals surface area contributed by atoms with E-state index in [0.29, 0.717) is 35.8 Å². The summed E-state index contributed by atoms with van der Waals surface area (Å²) < 4.78 is 75.6. The molecule has 6 aromatic heterocycles. The number of fused-ring (bicyclic) bond motifs is 2. The van der Waals surface area contributed by atoms with Gasteiger partial charge in [0.05, 0.1) is 51.2 Å². The SMILES string of the molecule is O=P(O)(O)NS(=O)(=O)c1cncc(-c2nc(NCc3ccccn3)c3c(-c4ccccc4)cccc3n2)c1.O=P([O-])([O-])[N-]S(=O)(=O)c1cncc(-c2nc(NCc3ccccn3)c3c(-c4ccccc4)cccc3n2)c1. The topological polar surface area (TPSA) is 342 Å². The highest BCUT2D eigenvalue weighted by Crippen LogP contribution is 2.40. The molecule has 0 saturated carbocycles. The molecule has 6 heterocycles. The van der Waals surface area contributed by atoms with Crippen molar-refractivity contribution in [2.75, 3.05) is 10.6 Å². The maximum atomic E-state index is 12.5. The van der Waals surface area contributed by atoms with E-state index in [1.807, 2.05) is 127 Å². The maximum Gasteiger partial charge on any atom is 0.414 e. The summed E-state index contributed by atoms with van der Waals surface area (Å²) in [6.07, 6.45) is 7.96. The molecule has 26 heteroatoms. The molecular weight excluding hydrogens is 1050 g/mol. The third-order valence-corrected chi connectivity index (χ3v) is 16.2. The summed E-state index contributed by atoms with van der Waals surface area (Å²) in [7, 11) is -20.1. The molecular formula is C50H39N12O10P2S2-3. The minimum absolute atomic E-state index is 0.128. The summed E-state index contributed by atoms with van der Waals surface area (Å²) in [4.78, 5) is 74.3. The molecule has 0 saturated heterocycles. The second-order valence-corrected chi connectivity index (χ2v) is 22.6. The molecule has 5 N–H and O–H groups in total. The molecule has 10 rings (SSSR count). The Kier molecular flexibility index (Phi) is 15.5. The molecule has 0 radical (unpaired) electrons. The van der Waals surface area contributed by atoms with Crippen molar-refractivity contribution in [1.82, 2.24) is 44.4 Å². The molecule has 0 aliphatic heterocycles. The fourth-order valence-corrected chi connectivity index (χ4v) is 11.8. The minimum atomic E-state index is -5.69. The van der Waals surface area contributed by atoms with Gasteiger partial charge in [0.1, 0.15) is 26.6 Å². The Balaban J connectivity index is 0.000000186. The van der Waals surface area contributed by atoms with Crippen LogP contribution in [-0.2, 0) is 42.3 Å². The van der Waals surface area contributed by atoms with E-state index >= 15 is 0 Å². The van der Waals surface area contributed by atoms with Crippen LogP contribution in [0.5, 0.6) is 0 Å². The Morgan fingerprint density at radius 1 is 0.513 bits per heavy atom. The molecule has 0 fully saturated rings. The van der Waals surface area contributed by atoms with Gasteiger partial charge in [0.25, 0.3) is 10.0 Å². The molecule has 10 aromatic rings. The summed E-state index contributed by atoms with van der Waals surface area (Å²) >= 11 is 0. The predicted molar refractivity (Wildman–Crippen MR) is 280 cm³/mol. The van der Waals surface area contributed by atoms with Crippen molar-refractivity contribution in [1.29, 1.82) is 0 Å². The molecule has 0 aliphatic carbocycles. The van der Waals surface area contributed by atoms with Crippen molar-refractivity contribution in [2.45, 2.75) is 22.9 Å². The zero-order valence-electron chi connectivity index (χ0n) is 39.1. The Bertz CT molecular complexity index is 3800. The molecule has 22 nitrogen and oxygen atoms in total. The first-order chi connectivity index (χ1) is 36.4. The lowest BCUT2D eigenvalue weighted by Crippen LogP contribution is -2.20. The first kappa shape index (κ1) is 52.7. The lowest BCUT2D eigenvalue weighted by atomic mass is 10.0. The standard InChI is InChI=1S/C25H21N6O5PS.C25H20N6O5PS/c2*32-37(33,34)31-38(35,36)20-13-18(14-26-16-20)24-29-22-11-6-10-21(17-7-2-1-3-8-17)23(22)25(30-24)28-15-19-9-4-5-12-27-19/h1-14,16H,15H2,(H,28,29,30)(H3,31,32,33,34);1-14,16H,15H2,(H3-,28,29,30,31,32,33,34)/q;-1/p-2. The summed E-state index contributed by atoms with van der Waals surface area (Å²) in [5.74, 6) is 1.27. The van der Waals surface area contributed by atoms with Crippen LogP contribution in [0.4, 0.5) is 11.6 Å². The van der Waals surface area contributed by atoms with Crippen LogP contribution >= 0.6 is 15.5 Å². The lowest BCUT2D eigenvalue weighted by Gasteiger charge is -2.43. The third-order valence-electron chi connectivity index (χ3n) is 10.9. The summed E-state index contributed by atoms with van der Waals surface area (Å²) in [5.41, 5.74) is 6.85. The van der Waals surface area contributed by atoms with E-state index in [-0.39, 0.29) is 22.8 Å². The third kappa shape index (κ3) is 13.0. The van der Waals surface area contributed by atoms with Crippen LogP contribution in [0.3, 0.4) is 0 Å². The maximum absolute atomic E-state index is 12.5. The Morgan fingerprint density at radius 3 is 1.39 bits per heavy atom. The molecule has 76 heavy (non-hydrogen) atoms. The first-order valence-electron chi connectivity index (χ1n) is 22.4. The van der Waals surface area contributed by atoms with E-state index in [4.69, 9.17) is 14.8 Å². The average Bonchev–Trinajstić information content (AvgIpc) is 3.42. The molecule has 0 atom stereocenters. The summed E-state index contributed by atoms with van der Waals surface area (Å²) in [5, 5.41) is 8.14. The number of benzene rings is 4. The van der Waals surface area contributed by atoms with Crippen molar-refractivity contribution in [3.8, 4) is 45.0 Å². The van der Waals surface area contributed by atoms with Gasteiger partial charge >= 0.3 is 7.75 Å². The van der Waals surface area contributed by atoms with E-state index < -0.39 is 45.3 Å². The van der Waals surface area contributed by atoms with Gasteiger partial charge in [0.15, 0.2) is 11.6 Å². The molecule has 4 aromatic carbocycles. The predicted octanol–water partition coefficient (Wildman–Crippen LogP) is 6.99. The van der Waals surface area contributed by atoms with Gasteiger partial charge in [-0.25, -0.2) is 41.3 Å². The average molecular weight is 1090 g/mol. The number of hydrogen-bond donors (Lipinski definition) is 5. The van der Waals surface area contributed by atoms with Crippen molar-refractivity contribution in [3.05, 3.63) is 199 Å². The van der Waals surface area contributed by atoms with Crippen LogP contribution in [0.25, 0.3) is 71.3 Å². The fourth-order valence-electron chi connectivity index (χ4n) is 7.71. The van der Waals surface area contributed by atoms with E-state index in [0.717, 1.165) is 62.9 Å². The van der Waals surface area contributed by atoms with Gasteiger partial charge in [-0.05, 0) is 70.8 Å². The molecule has 0 aliphatic rings. The molecule has 0 spiro atoms. The van der Waals surface area contributed by atoms with Gasteiger partial charge in [-0.2, -0.15) is 7.75 Å². The molecule has 0 unspecified atom stereocenters. The Morgan fingerprint density at radius 2 is 0.961 bits per heavy atom. The highest BCUT2D eigenvalue weighted by atomic mass is 32.2. The number of pyridine rings is 4. The van der Waals surface area contributed by atoms with Crippen LogP contribution in [-0.4, -0.2) is 66.5 Å². The molecule has 384 valence electrons. The minimum Gasteiger partial charge on any atom is -0.826 e. The number of hydrogen-bond acceptors (Lipinski definition) is 18. The largest absolute Gasteiger partial charge is 0.826 e. The quantitative estimate of drug-likeness (QED) is 0.0608. The highest BCUT2D eigenvalue weighted by molar-refractivity contribution is 8.00. The number of nitrogens with zero attached hydrogens (tertiary/aromatic N) is 9. The number of rotatable bonds is 16. The van der Waals surface area contributed by atoms with E-state index in [1.165, 1.54) is 23.0 Å². The number of anilines is 2. The van der Waals surface area contributed by atoms with Crippen LogP contribution in [0.1, 0.15) is 11.4 Å². The van der Waals surface area contributed by atoms with E-state index in [2.05, 4.69) is 50.0 Å². The second-order valence-electron chi connectivity index (χ2n) is 16.3. The van der Waals surface area contributed by atoms with E-state index in [9.17, 15) is 35.8 Å². The zero-order valence-corrected chi connectivity index (χ0v) is 42.6. The number of nitrogens with one attached hydrogen (secondary N) is 3. The highest BCUT2D eigenvalue weighted by Gasteiger charge is 2.26. The van der Waals surface area contributed by atoms with E-state index in [1.54, 1.807) is 18.5 Å². The Labute approximate surface area is 434 Å².